The van der Waals surface area contributed by atoms with Crippen LogP contribution in [0.15, 0.2) is 12.4 Å². The molecule has 1 aromatic rings. The van der Waals surface area contributed by atoms with Crippen molar-refractivity contribution in [2.24, 2.45) is 5.41 Å². The van der Waals surface area contributed by atoms with Gasteiger partial charge in [0.1, 0.15) is 11.6 Å². The summed E-state index contributed by atoms with van der Waals surface area (Å²) in [5.74, 6) is 1.29. The molecule has 1 aromatic heterocycles. The normalized spacial score (nSPS) is 24.0. The summed E-state index contributed by atoms with van der Waals surface area (Å²) in [6.07, 6.45) is 7.05. The molecular weight excluding hydrogens is 188 g/mol. The van der Waals surface area contributed by atoms with Gasteiger partial charge in [0, 0.05) is 6.04 Å². The van der Waals surface area contributed by atoms with Crippen LogP contribution in [0.25, 0.3) is 0 Å². The SMILES string of the molecule is CC1(C)CCCC1Nc1cnc(N)cn1. The minimum absolute atomic E-state index is 0.350. The fourth-order valence-corrected chi connectivity index (χ4v) is 2.19. The van der Waals surface area contributed by atoms with Gasteiger partial charge in [-0.05, 0) is 18.3 Å². The van der Waals surface area contributed by atoms with Crippen molar-refractivity contribution in [2.45, 2.75) is 39.2 Å². The second-order valence-electron chi connectivity index (χ2n) is 4.90. The lowest BCUT2D eigenvalue weighted by atomic mass is 9.87. The fourth-order valence-electron chi connectivity index (χ4n) is 2.19. The smallest absolute Gasteiger partial charge is 0.144 e. The Morgan fingerprint density at radius 1 is 1.40 bits per heavy atom. The van der Waals surface area contributed by atoms with Crippen LogP contribution in [0.1, 0.15) is 33.1 Å². The van der Waals surface area contributed by atoms with Crippen molar-refractivity contribution < 1.29 is 0 Å². The van der Waals surface area contributed by atoms with Gasteiger partial charge in [0.2, 0.25) is 0 Å². The van der Waals surface area contributed by atoms with Crippen molar-refractivity contribution in [3.8, 4) is 0 Å². The molecule has 15 heavy (non-hydrogen) atoms. The highest BCUT2D eigenvalue weighted by Gasteiger charge is 2.34. The summed E-state index contributed by atoms with van der Waals surface area (Å²) < 4.78 is 0. The van der Waals surface area contributed by atoms with Gasteiger partial charge in [0.25, 0.3) is 0 Å². The number of rotatable bonds is 2. The second-order valence-corrected chi connectivity index (χ2v) is 4.90. The fraction of sp³-hybridized carbons (Fsp3) is 0.636. The zero-order valence-electron chi connectivity index (χ0n) is 9.33. The van der Waals surface area contributed by atoms with E-state index in [1.807, 2.05) is 0 Å². The van der Waals surface area contributed by atoms with Crippen molar-refractivity contribution in [3.63, 3.8) is 0 Å². The Kier molecular flexibility index (Phi) is 2.50. The molecule has 3 N–H and O–H groups in total. The van der Waals surface area contributed by atoms with E-state index < -0.39 is 0 Å². The van der Waals surface area contributed by atoms with Gasteiger partial charge in [-0.15, -0.1) is 0 Å². The molecule has 82 valence electrons. The first-order chi connectivity index (χ1) is 7.08. The number of nitrogens with two attached hydrogens (primary N) is 1. The maximum absolute atomic E-state index is 5.49. The van der Waals surface area contributed by atoms with Crippen LogP contribution in [0, 0.1) is 5.41 Å². The summed E-state index contributed by atoms with van der Waals surface area (Å²) >= 11 is 0. The van der Waals surface area contributed by atoms with Crippen molar-refractivity contribution in [1.82, 2.24) is 9.97 Å². The van der Waals surface area contributed by atoms with Gasteiger partial charge in [-0.3, -0.25) is 0 Å². The molecule has 4 nitrogen and oxygen atoms in total. The molecule has 0 amide bonds. The Morgan fingerprint density at radius 2 is 2.20 bits per heavy atom. The predicted molar refractivity (Wildman–Crippen MR) is 61.5 cm³/mol. The monoisotopic (exact) mass is 206 g/mol. The number of nitrogens with zero attached hydrogens (tertiary/aromatic N) is 2. The molecule has 1 fully saturated rings. The molecule has 0 bridgehead atoms. The first-order valence-corrected chi connectivity index (χ1v) is 5.42. The summed E-state index contributed by atoms with van der Waals surface area (Å²) in [7, 11) is 0. The average molecular weight is 206 g/mol. The van der Waals surface area contributed by atoms with Crippen LogP contribution in [0.2, 0.25) is 0 Å². The topological polar surface area (TPSA) is 63.8 Å². The van der Waals surface area contributed by atoms with E-state index in [4.69, 9.17) is 5.73 Å². The standard InChI is InChI=1S/C11H18N4/c1-11(2)5-3-4-8(11)15-10-7-13-9(12)6-14-10/h6-8H,3-5H2,1-2H3,(H2,12,13)(H,14,15). The van der Waals surface area contributed by atoms with E-state index in [9.17, 15) is 0 Å². The quantitative estimate of drug-likeness (QED) is 0.777. The third-order valence-electron chi connectivity index (χ3n) is 3.25. The maximum atomic E-state index is 5.49. The largest absolute Gasteiger partial charge is 0.382 e. The van der Waals surface area contributed by atoms with Crippen LogP contribution >= 0.6 is 0 Å². The van der Waals surface area contributed by atoms with Crippen LogP contribution in [0.3, 0.4) is 0 Å². The lowest BCUT2D eigenvalue weighted by Gasteiger charge is -2.28. The van der Waals surface area contributed by atoms with Gasteiger partial charge in [-0.1, -0.05) is 20.3 Å². The number of anilines is 2. The van der Waals surface area contributed by atoms with Crippen molar-refractivity contribution in [2.75, 3.05) is 11.1 Å². The van der Waals surface area contributed by atoms with Gasteiger partial charge in [0.05, 0.1) is 12.4 Å². The Balaban J connectivity index is 2.06. The molecule has 2 rings (SSSR count). The average Bonchev–Trinajstić information content (AvgIpc) is 2.50. The second kappa shape index (κ2) is 3.68. The van der Waals surface area contributed by atoms with Gasteiger partial charge >= 0.3 is 0 Å². The third kappa shape index (κ3) is 2.19. The highest BCUT2D eigenvalue weighted by atomic mass is 15.1. The molecule has 1 aliphatic rings. The lowest BCUT2D eigenvalue weighted by Crippen LogP contribution is -2.31. The van der Waals surface area contributed by atoms with E-state index in [1.165, 1.54) is 19.3 Å². The van der Waals surface area contributed by atoms with Crippen LogP contribution in [-0.4, -0.2) is 16.0 Å². The molecular formula is C11H18N4. The Labute approximate surface area is 90.3 Å². The zero-order valence-corrected chi connectivity index (χ0v) is 9.33. The minimum Gasteiger partial charge on any atom is -0.382 e. The minimum atomic E-state index is 0.350. The van der Waals surface area contributed by atoms with Crippen LogP contribution in [-0.2, 0) is 0 Å². The molecule has 1 heterocycles. The summed E-state index contributed by atoms with van der Waals surface area (Å²) in [5, 5.41) is 3.43. The van der Waals surface area contributed by atoms with Gasteiger partial charge in [-0.25, -0.2) is 9.97 Å². The van der Waals surface area contributed by atoms with Crippen LogP contribution in [0.4, 0.5) is 11.6 Å². The highest BCUT2D eigenvalue weighted by Crippen LogP contribution is 2.38. The molecule has 1 saturated carbocycles. The van der Waals surface area contributed by atoms with Gasteiger partial charge in [0.15, 0.2) is 0 Å². The predicted octanol–water partition coefficient (Wildman–Crippen LogP) is 2.05. The lowest BCUT2D eigenvalue weighted by molar-refractivity contribution is 0.349. The first kappa shape index (κ1) is 10.2. The third-order valence-corrected chi connectivity index (χ3v) is 3.25. The van der Waals surface area contributed by atoms with Crippen LogP contribution in [0.5, 0.6) is 0 Å². The number of aromatic nitrogens is 2. The van der Waals surface area contributed by atoms with E-state index in [0.29, 0.717) is 17.3 Å². The number of nitrogen functional groups attached to an aromatic ring is 1. The Bertz CT molecular complexity index is 331. The summed E-state index contributed by atoms with van der Waals surface area (Å²) in [6, 6.07) is 0.496. The van der Waals surface area contributed by atoms with E-state index >= 15 is 0 Å². The number of nitrogens with one attached hydrogen (secondary N) is 1. The van der Waals surface area contributed by atoms with Gasteiger partial charge in [-0.2, -0.15) is 0 Å². The van der Waals surface area contributed by atoms with Crippen molar-refractivity contribution in [3.05, 3.63) is 12.4 Å². The van der Waals surface area contributed by atoms with E-state index in [2.05, 4.69) is 29.1 Å². The molecule has 1 unspecified atom stereocenters. The first-order valence-electron chi connectivity index (χ1n) is 5.42. The molecule has 0 radical (unpaired) electrons. The molecule has 4 heteroatoms. The molecule has 1 aliphatic carbocycles. The highest BCUT2D eigenvalue weighted by molar-refractivity contribution is 5.37. The van der Waals surface area contributed by atoms with E-state index in [0.717, 1.165) is 5.82 Å². The molecule has 0 saturated heterocycles. The molecule has 0 spiro atoms. The Morgan fingerprint density at radius 3 is 2.73 bits per heavy atom. The van der Waals surface area contributed by atoms with E-state index in [-0.39, 0.29) is 0 Å². The van der Waals surface area contributed by atoms with Gasteiger partial charge < -0.3 is 11.1 Å². The van der Waals surface area contributed by atoms with Crippen molar-refractivity contribution in [1.29, 1.82) is 0 Å². The van der Waals surface area contributed by atoms with Crippen molar-refractivity contribution >= 4 is 11.6 Å². The molecule has 1 atom stereocenters. The number of hydrogen-bond acceptors (Lipinski definition) is 4. The number of hydrogen-bond donors (Lipinski definition) is 2. The van der Waals surface area contributed by atoms with Crippen LogP contribution < -0.4 is 11.1 Å². The Hall–Kier alpha value is -1.32. The molecule has 0 aliphatic heterocycles. The maximum Gasteiger partial charge on any atom is 0.144 e. The summed E-state index contributed by atoms with van der Waals surface area (Å²) in [6.45, 7) is 4.59. The summed E-state index contributed by atoms with van der Waals surface area (Å²) in [5.41, 5.74) is 5.84. The molecule has 0 aromatic carbocycles. The summed E-state index contributed by atoms with van der Waals surface area (Å²) in [4.78, 5) is 8.23. The zero-order chi connectivity index (χ0) is 10.9. The van der Waals surface area contributed by atoms with E-state index in [1.54, 1.807) is 12.4 Å².